The number of para-hydroxylation sites is 1. The van der Waals surface area contributed by atoms with Gasteiger partial charge in [-0.2, -0.15) is 20.1 Å². The molecule has 0 radical (unpaired) electrons. The SMILES string of the molecule is Cc1[nH]c2ccccc2c1C=NNc1nc(Nc2cccc(Br)c2)nc(N2CCOCC2)n1. The van der Waals surface area contributed by atoms with E-state index in [0.29, 0.717) is 31.1 Å². The van der Waals surface area contributed by atoms with Crippen molar-refractivity contribution in [1.29, 1.82) is 0 Å². The van der Waals surface area contributed by atoms with E-state index in [9.17, 15) is 0 Å². The number of hydrogen-bond donors (Lipinski definition) is 3. The molecule has 168 valence electrons. The molecule has 9 nitrogen and oxygen atoms in total. The molecule has 1 aliphatic heterocycles. The summed E-state index contributed by atoms with van der Waals surface area (Å²) in [5, 5.41) is 8.79. The van der Waals surface area contributed by atoms with E-state index in [0.717, 1.165) is 45.4 Å². The molecule has 1 aliphatic rings. The van der Waals surface area contributed by atoms with Crippen molar-refractivity contribution < 1.29 is 4.74 Å². The molecule has 0 saturated carbocycles. The van der Waals surface area contributed by atoms with E-state index in [4.69, 9.17) is 4.74 Å². The van der Waals surface area contributed by atoms with E-state index in [1.54, 1.807) is 6.21 Å². The lowest BCUT2D eigenvalue weighted by Crippen LogP contribution is -2.37. The van der Waals surface area contributed by atoms with Crippen LogP contribution >= 0.6 is 15.9 Å². The maximum atomic E-state index is 5.47. The van der Waals surface area contributed by atoms with Gasteiger partial charge in [0.05, 0.1) is 19.4 Å². The van der Waals surface area contributed by atoms with Gasteiger partial charge in [0.25, 0.3) is 0 Å². The third-order valence-corrected chi connectivity index (χ3v) is 5.79. The van der Waals surface area contributed by atoms with Crippen LogP contribution in [0.25, 0.3) is 10.9 Å². The number of aryl methyl sites for hydroxylation is 1. The van der Waals surface area contributed by atoms with Crippen molar-refractivity contribution in [1.82, 2.24) is 19.9 Å². The minimum atomic E-state index is 0.359. The zero-order valence-corrected chi connectivity index (χ0v) is 19.6. The number of nitrogens with zero attached hydrogens (tertiary/aromatic N) is 5. The molecule has 2 aromatic carbocycles. The molecular weight excluding hydrogens is 484 g/mol. The number of H-pyrrole nitrogens is 1. The molecule has 0 aliphatic carbocycles. The van der Waals surface area contributed by atoms with E-state index in [-0.39, 0.29) is 0 Å². The van der Waals surface area contributed by atoms with Crippen molar-refractivity contribution in [3.63, 3.8) is 0 Å². The number of fused-ring (bicyclic) bond motifs is 1. The number of nitrogens with one attached hydrogen (secondary N) is 3. The van der Waals surface area contributed by atoms with Crippen LogP contribution in [0.5, 0.6) is 0 Å². The molecule has 2 aromatic heterocycles. The van der Waals surface area contributed by atoms with Crippen LogP contribution in [-0.4, -0.2) is 52.5 Å². The first-order valence-corrected chi connectivity index (χ1v) is 11.4. The predicted octanol–water partition coefficient (Wildman–Crippen LogP) is 4.45. The maximum absolute atomic E-state index is 5.47. The Morgan fingerprint density at radius 1 is 1.06 bits per heavy atom. The van der Waals surface area contributed by atoms with Crippen LogP contribution in [0.2, 0.25) is 0 Å². The summed E-state index contributed by atoms with van der Waals surface area (Å²) in [5.74, 6) is 1.37. The Morgan fingerprint density at radius 2 is 1.88 bits per heavy atom. The number of ether oxygens (including phenoxy) is 1. The van der Waals surface area contributed by atoms with E-state index >= 15 is 0 Å². The number of rotatable bonds is 6. The second kappa shape index (κ2) is 9.55. The second-order valence-electron chi connectivity index (χ2n) is 7.60. The highest BCUT2D eigenvalue weighted by Gasteiger charge is 2.17. The molecule has 5 rings (SSSR count). The molecule has 1 saturated heterocycles. The maximum Gasteiger partial charge on any atom is 0.250 e. The van der Waals surface area contributed by atoms with Crippen LogP contribution in [0.15, 0.2) is 58.1 Å². The van der Waals surface area contributed by atoms with Crippen molar-refractivity contribution >= 4 is 56.6 Å². The normalized spacial score (nSPS) is 14.2. The highest BCUT2D eigenvalue weighted by Crippen LogP contribution is 2.22. The van der Waals surface area contributed by atoms with Gasteiger partial charge >= 0.3 is 0 Å². The van der Waals surface area contributed by atoms with Crippen molar-refractivity contribution in [2.24, 2.45) is 5.10 Å². The fraction of sp³-hybridized carbons (Fsp3) is 0.217. The van der Waals surface area contributed by atoms with Crippen molar-refractivity contribution in [2.75, 3.05) is 41.9 Å². The van der Waals surface area contributed by atoms with Crippen LogP contribution in [0.3, 0.4) is 0 Å². The van der Waals surface area contributed by atoms with Crippen LogP contribution in [0, 0.1) is 6.92 Å². The Morgan fingerprint density at radius 3 is 2.73 bits per heavy atom. The number of aromatic amines is 1. The topological polar surface area (TPSA) is 103 Å². The van der Waals surface area contributed by atoms with E-state index < -0.39 is 0 Å². The van der Waals surface area contributed by atoms with Crippen molar-refractivity contribution in [2.45, 2.75) is 6.92 Å². The van der Waals surface area contributed by atoms with Crippen LogP contribution < -0.4 is 15.6 Å². The molecule has 3 N–H and O–H groups in total. The molecule has 0 amide bonds. The molecule has 1 fully saturated rings. The fourth-order valence-corrected chi connectivity index (χ4v) is 4.09. The monoisotopic (exact) mass is 506 g/mol. The number of anilines is 4. The largest absolute Gasteiger partial charge is 0.378 e. The van der Waals surface area contributed by atoms with E-state index in [1.165, 1.54) is 0 Å². The summed E-state index contributed by atoms with van der Waals surface area (Å²) in [5.41, 5.74) is 6.99. The predicted molar refractivity (Wildman–Crippen MR) is 135 cm³/mol. The fourth-order valence-electron chi connectivity index (χ4n) is 3.69. The molecular formula is C23H23BrN8O. The number of morpholine rings is 1. The standard InChI is InChI=1S/C23H23BrN8O/c1-15-19(18-7-2-3-8-20(18)26-15)14-25-31-22-28-21(27-17-6-4-5-16(24)13-17)29-23(30-22)32-9-11-33-12-10-32/h2-8,13-14,26H,9-12H2,1H3,(H2,27,28,29,30,31). The summed E-state index contributed by atoms with van der Waals surface area (Å²) in [6.45, 7) is 4.75. The van der Waals surface area contributed by atoms with Gasteiger partial charge in [0, 0.05) is 45.4 Å². The zero-order chi connectivity index (χ0) is 22.6. The molecule has 0 atom stereocenters. The Balaban J connectivity index is 1.42. The number of hydrazone groups is 1. The Bertz CT molecular complexity index is 1300. The van der Waals surface area contributed by atoms with Gasteiger partial charge in [0.1, 0.15) is 0 Å². The smallest absolute Gasteiger partial charge is 0.250 e. The molecule has 10 heteroatoms. The highest BCUT2D eigenvalue weighted by atomic mass is 79.9. The van der Waals surface area contributed by atoms with E-state index in [1.807, 2.05) is 49.4 Å². The van der Waals surface area contributed by atoms with Gasteiger partial charge < -0.3 is 19.9 Å². The summed E-state index contributed by atoms with van der Waals surface area (Å²) in [7, 11) is 0. The molecule has 0 unspecified atom stereocenters. The Kier molecular flexibility index (Phi) is 6.18. The van der Waals surface area contributed by atoms with E-state index in [2.05, 4.69) is 62.7 Å². The summed E-state index contributed by atoms with van der Waals surface area (Å²) >= 11 is 3.49. The molecule has 0 bridgehead atoms. The minimum absolute atomic E-state index is 0.359. The van der Waals surface area contributed by atoms with Gasteiger partial charge in [-0.15, -0.1) is 0 Å². The van der Waals surface area contributed by atoms with Gasteiger partial charge in [0.2, 0.25) is 17.8 Å². The Hall–Kier alpha value is -3.50. The number of hydrogen-bond acceptors (Lipinski definition) is 8. The molecule has 4 aromatic rings. The van der Waals surface area contributed by atoms with Gasteiger partial charge in [-0.25, -0.2) is 5.43 Å². The van der Waals surface area contributed by atoms with Gasteiger partial charge in [-0.05, 0) is 31.2 Å². The Labute approximate surface area is 199 Å². The highest BCUT2D eigenvalue weighted by molar-refractivity contribution is 9.10. The quantitative estimate of drug-likeness (QED) is 0.262. The first-order valence-electron chi connectivity index (χ1n) is 10.6. The summed E-state index contributed by atoms with van der Waals surface area (Å²) < 4.78 is 6.43. The first-order chi connectivity index (χ1) is 16.2. The third kappa shape index (κ3) is 4.96. The van der Waals surface area contributed by atoms with Gasteiger partial charge in [-0.3, -0.25) is 0 Å². The zero-order valence-electron chi connectivity index (χ0n) is 18.0. The lowest BCUT2D eigenvalue weighted by atomic mass is 10.1. The molecule has 33 heavy (non-hydrogen) atoms. The van der Waals surface area contributed by atoms with Gasteiger partial charge in [0.15, 0.2) is 0 Å². The number of aromatic nitrogens is 4. The third-order valence-electron chi connectivity index (χ3n) is 5.30. The lowest BCUT2D eigenvalue weighted by Gasteiger charge is -2.27. The van der Waals surface area contributed by atoms with Crippen LogP contribution in [0.1, 0.15) is 11.3 Å². The summed E-state index contributed by atoms with van der Waals surface area (Å²) in [6.07, 6.45) is 1.79. The van der Waals surface area contributed by atoms with Crippen LogP contribution in [-0.2, 0) is 4.74 Å². The molecule has 3 heterocycles. The molecule has 0 spiro atoms. The second-order valence-corrected chi connectivity index (χ2v) is 8.51. The van der Waals surface area contributed by atoms with Gasteiger partial charge in [-0.1, -0.05) is 40.2 Å². The minimum Gasteiger partial charge on any atom is -0.378 e. The van der Waals surface area contributed by atoms with Crippen molar-refractivity contribution in [3.05, 3.63) is 64.3 Å². The average Bonchev–Trinajstić information content (AvgIpc) is 3.15. The average molecular weight is 507 g/mol. The summed E-state index contributed by atoms with van der Waals surface area (Å²) in [6, 6.07) is 16.0. The van der Waals surface area contributed by atoms with Crippen molar-refractivity contribution in [3.8, 4) is 0 Å². The summed E-state index contributed by atoms with van der Waals surface area (Å²) in [4.78, 5) is 19.2. The lowest BCUT2D eigenvalue weighted by molar-refractivity contribution is 0.122. The number of halogens is 1. The van der Waals surface area contributed by atoms with Crippen LogP contribution in [0.4, 0.5) is 23.5 Å². The first kappa shape index (κ1) is 21.4. The number of benzene rings is 2.